The molecule has 4 rings (SSSR count). The van der Waals surface area contributed by atoms with E-state index in [0.717, 1.165) is 6.42 Å². The van der Waals surface area contributed by atoms with Crippen molar-refractivity contribution < 1.29 is 0 Å². The molecule has 0 bridgehead atoms. The monoisotopic (exact) mass is 346 g/mol. The van der Waals surface area contributed by atoms with Gasteiger partial charge in [-0.1, -0.05) is 32.0 Å². The van der Waals surface area contributed by atoms with Crippen molar-refractivity contribution in [2.75, 3.05) is 0 Å². The van der Waals surface area contributed by atoms with E-state index in [1.54, 1.807) is 16.9 Å². The molecule has 4 aromatic rings. The van der Waals surface area contributed by atoms with Crippen molar-refractivity contribution in [2.24, 2.45) is 5.92 Å². The Morgan fingerprint density at radius 1 is 1.08 bits per heavy atom. The first-order valence-corrected chi connectivity index (χ1v) is 8.48. The summed E-state index contributed by atoms with van der Waals surface area (Å²) in [6.45, 7) is 4.22. The van der Waals surface area contributed by atoms with Crippen LogP contribution in [0.3, 0.4) is 0 Å². The summed E-state index contributed by atoms with van der Waals surface area (Å²) in [5, 5.41) is 5.13. The van der Waals surface area contributed by atoms with Crippen molar-refractivity contribution in [3.63, 3.8) is 0 Å². The SMILES string of the molecule is CC(C)Cc1nc(-c2nc3ccccc3c(=O)[nH]2)n(-c2ccccn2)n1. The Hall–Kier alpha value is -3.35. The lowest BCUT2D eigenvalue weighted by molar-refractivity contribution is 0.618. The first-order valence-electron chi connectivity index (χ1n) is 8.48. The van der Waals surface area contributed by atoms with Gasteiger partial charge in [0.15, 0.2) is 17.5 Å². The number of nitrogens with one attached hydrogen (secondary N) is 1. The lowest BCUT2D eigenvalue weighted by Gasteiger charge is -2.05. The van der Waals surface area contributed by atoms with Crippen molar-refractivity contribution in [3.8, 4) is 17.5 Å². The molecular formula is C19H18N6O. The van der Waals surface area contributed by atoms with Crippen molar-refractivity contribution in [2.45, 2.75) is 20.3 Å². The molecule has 7 nitrogen and oxygen atoms in total. The largest absolute Gasteiger partial charge is 0.303 e. The van der Waals surface area contributed by atoms with E-state index < -0.39 is 0 Å². The Kier molecular flexibility index (Phi) is 4.04. The Balaban J connectivity index is 1.93. The zero-order chi connectivity index (χ0) is 18.1. The van der Waals surface area contributed by atoms with Crippen LogP contribution in [0, 0.1) is 5.92 Å². The highest BCUT2D eigenvalue weighted by Crippen LogP contribution is 2.19. The second-order valence-electron chi connectivity index (χ2n) is 6.48. The molecule has 0 fully saturated rings. The zero-order valence-corrected chi connectivity index (χ0v) is 14.5. The molecule has 0 amide bonds. The van der Waals surface area contributed by atoms with Gasteiger partial charge in [-0.15, -0.1) is 5.10 Å². The molecule has 7 heteroatoms. The quantitative estimate of drug-likeness (QED) is 0.614. The van der Waals surface area contributed by atoms with Crippen LogP contribution in [0.4, 0.5) is 0 Å². The number of hydrogen-bond acceptors (Lipinski definition) is 5. The van der Waals surface area contributed by atoms with Gasteiger partial charge in [0, 0.05) is 12.6 Å². The molecule has 0 atom stereocenters. The maximum absolute atomic E-state index is 12.4. The number of para-hydroxylation sites is 1. The van der Waals surface area contributed by atoms with Gasteiger partial charge in [0.1, 0.15) is 0 Å². The fraction of sp³-hybridized carbons (Fsp3) is 0.211. The van der Waals surface area contributed by atoms with Gasteiger partial charge >= 0.3 is 0 Å². The number of rotatable bonds is 4. The predicted octanol–water partition coefficient (Wildman–Crippen LogP) is 2.76. The van der Waals surface area contributed by atoms with Crippen LogP contribution in [-0.2, 0) is 6.42 Å². The number of nitrogens with zero attached hydrogens (tertiary/aromatic N) is 5. The van der Waals surface area contributed by atoms with E-state index in [4.69, 9.17) is 0 Å². The van der Waals surface area contributed by atoms with Gasteiger partial charge in [-0.25, -0.2) is 15.0 Å². The molecule has 0 spiro atoms. The molecule has 1 aromatic carbocycles. The van der Waals surface area contributed by atoms with Crippen LogP contribution in [0.5, 0.6) is 0 Å². The van der Waals surface area contributed by atoms with E-state index in [1.807, 2.05) is 36.4 Å². The zero-order valence-electron chi connectivity index (χ0n) is 14.5. The van der Waals surface area contributed by atoms with Crippen LogP contribution >= 0.6 is 0 Å². The molecule has 0 aliphatic carbocycles. The second-order valence-corrected chi connectivity index (χ2v) is 6.48. The number of pyridine rings is 1. The molecule has 0 saturated heterocycles. The maximum atomic E-state index is 12.4. The summed E-state index contributed by atoms with van der Waals surface area (Å²) in [5.74, 6) is 2.58. The van der Waals surface area contributed by atoms with E-state index in [-0.39, 0.29) is 5.56 Å². The molecule has 3 aromatic heterocycles. The smallest absolute Gasteiger partial charge is 0.259 e. The summed E-state index contributed by atoms with van der Waals surface area (Å²) in [7, 11) is 0. The fourth-order valence-electron chi connectivity index (χ4n) is 2.79. The van der Waals surface area contributed by atoms with E-state index in [0.29, 0.717) is 40.1 Å². The minimum Gasteiger partial charge on any atom is -0.303 e. The van der Waals surface area contributed by atoms with E-state index >= 15 is 0 Å². The Morgan fingerprint density at radius 3 is 2.65 bits per heavy atom. The number of benzene rings is 1. The van der Waals surface area contributed by atoms with Crippen molar-refractivity contribution in [3.05, 3.63) is 64.8 Å². The molecule has 0 saturated carbocycles. The fourth-order valence-corrected chi connectivity index (χ4v) is 2.79. The molecule has 0 radical (unpaired) electrons. The van der Waals surface area contributed by atoms with Crippen LogP contribution in [0.15, 0.2) is 53.5 Å². The third-order valence-electron chi connectivity index (χ3n) is 3.93. The van der Waals surface area contributed by atoms with Crippen molar-refractivity contribution in [1.29, 1.82) is 0 Å². The van der Waals surface area contributed by atoms with E-state index in [2.05, 4.69) is 38.9 Å². The second kappa shape index (κ2) is 6.51. The van der Waals surface area contributed by atoms with Crippen LogP contribution in [0.1, 0.15) is 19.7 Å². The molecule has 0 aliphatic heterocycles. The molecule has 26 heavy (non-hydrogen) atoms. The Labute approximate surface area is 149 Å². The average molecular weight is 346 g/mol. The van der Waals surface area contributed by atoms with E-state index in [1.165, 1.54) is 0 Å². The normalized spacial score (nSPS) is 11.3. The number of hydrogen-bond donors (Lipinski definition) is 1. The van der Waals surface area contributed by atoms with Crippen LogP contribution < -0.4 is 5.56 Å². The average Bonchev–Trinajstić information content (AvgIpc) is 3.05. The molecular weight excluding hydrogens is 328 g/mol. The van der Waals surface area contributed by atoms with Crippen LogP contribution in [-0.4, -0.2) is 29.7 Å². The summed E-state index contributed by atoms with van der Waals surface area (Å²) in [6, 6.07) is 12.8. The predicted molar refractivity (Wildman–Crippen MR) is 99.1 cm³/mol. The summed E-state index contributed by atoms with van der Waals surface area (Å²) in [5.41, 5.74) is 0.416. The molecule has 130 valence electrons. The minimum absolute atomic E-state index is 0.202. The first-order chi connectivity index (χ1) is 12.6. The number of H-pyrrole nitrogens is 1. The van der Waals surface area contributed by atoms with Crippen molar-refractivity contribution in [1.82, 2.24) is 29.7 Å². The standard InChI is InChI=1S/C19H18N6O/c1-12(2)11-15-22-18(25(24-15)16-9-5-6-10-20-16)17-21-14-8-4-3-7-13(14)19(26)23-17/h3-10,12H,11H2,1-2H3,(H,21,23,26). The third-order valence-corrected chi connectivity index (χ3v) is 3.93. The molecule has 0 unspecified atom stereocenters. The molecule has 1 N–H and O–H groups in total. The van der Waals surface area contributed by atoms with Gasteiger partial charge in [-0.2, -0.15) is 4.68 Å². The van der Waals surface area contributed by atoms with Gasteiger partial charge in [-0.05, 0) is 30.2 Å². The summed E-state index contributed by atoms with van der Waals surface area (Å²) >= 11 is 0. The Bertz CT molecular complexity index is 1110. The number of fused-ring (bicyclic) bond motifs is 1. The summed E-state index contributed by atoms with van der Waals surface area (Å²) in [4.78, 5) is 28.8. The molecule has 3 heterocycles. The van der Waals surface area contributed by atoms with Crippen molar-refractivity contribution >= 4 is 10.9 Å². The topological polar surface area (TPSA) is 89.4 Å². The van der Waals surface area contributed by atoms with Gasteiger partial charge in [-0.3, -0.25) is 4.79 Å². The lowest BCUT2D eigenvalue weighted by Crippen LogP contribution is -2.12. The van der Waals surface area contributed by atoms with Gasteiger partial charge in [0.05, 0.1) is 10.9 Å². The third kappa shape index (κ3) is 2.99. The van der Waals surface area contributed by atoms with Gasteiger partial charge in [0.25, 0.3) is 5.56 Å². The summed E-state index contributed by atoms with van der Waals surface area (Å²) in [6.07, 6.45) is 2.42. The van der Waals surface area contributed by atoms with E-state index in [9.17, 15) is 4.79 Å². The Morgan fingerprint density at radius 2 is 1.88 bits per heavy atom. The first kappa shape index (κ1) is 16.1. The highest BCUT2D eigenvalue weighted by Gasteiger charge is 2.18. The maximum Gasteiger partial charge on any atom is 0.259 e. The molecule has 0 aliphatic rings. The van der Waals surface area contributed by atoms with Crippen LogP contribution in [0.2, 0.25) is 0 Å². The highest BCUT2D eigenvalue weighted by molar-refractivity contribution is 5.78. The number of aromatic nitrogens is 6. The number of aromatic amines is 1. The minimum atomic E-state index is -0.202. The lowest BCUT2D eigenvalue weighted by atomic mass is 10.1. The van der Waals surface area contributed by atoms with Crippen LogP contribution in [0.25, 0.3) is 28.4 Å². The highest BCUT2D eigenvalue weighted by atomic mass is 16.1. The summed E-state index contributed by atoms with van der Waals surface area (Å²) < 4.78 is 1.63. The van der Waals surface area contributed by atoms with Gasteiger partial charge in [0.2, 0.25) is 5.82 Å². The van der Waals surface area contributed by atoms with Gasteiger partial charge < -0.3 is 4.98 Å².